The number of rotatable bonds is 3. The molecule has 116 valence electrons. The topological polar surface area (TPSA) is 73.8 Å². The molecule has 0 aromatic carbocycles. The van der Waals surface area contributed by atoms with E-state index in [-0.39, 0.29) is 0 Å². The van der Waals surface area contributed by atoms with Crippen LogP contribution in [0.3, 0.4) is 0 Å². The summed E-state index contributed by atoms with van der Waals surface area (Å²) in [4.78, 5) is 5.07. The molecule has 0 aliphatic rings. The maximum atomic E-state index is 4.66. The van der Waals surface area contributed by atoms with Gasteiger partial charge in [0, 0.05) is 13.2 Å². The summed E-state index contributed by atoms with van der Waals surface area (Å²) < 4.78 is 3.60. The highest BCUT2D eigenvalue weighted by Gasteiger charge is 2.18. The highest BCUT2D eigenvalue weighted by Crippen LogP contribution is 2.29. The molecule has 0 fully saturated rings. The van der Waals surface area contributed by atoms with E-state index in [9.17, 15) is 0 Å². The Kier molecular flexibility index (Phi) is 3.19. The van der Waals surface area contributed by atoms with Gasteiger partial charge < -0.3 is 0 Å². The van der Waals surface area contributed by atoms with Crippen molar-refractivity contribution < 1.29 is 0 Å². The predicted octanol–water partition coefficient (Wildman–Crippen LogP) is 2.77. The highest BCUT2D eigenvalue weighted by molar-refractivity contribution is 7.19. The Morgan fingerprint density at radius 2 is 2.00 bits per heavy atom. The van der Waals surface area contributed by atoms with Crippen molar-refractivity contribution in [2.45, 2.75) is 19.8 Å². The third-order valence-corrected chi connectivity index (χ3v) is 4.52. The van der Waals surface area contributed by atoms with E-state index in [0.717, 1.165) is 27.1 Å². The standard InChI is InChI=1S/C15H15N7S/c1-9(2)11-8-12(21(3)19-11)14-20-22-13(17-18-15(22)23-14)10-6-4-5-7-16-10/h4-9H,1-3H3. The molecule has 0 aliphatic heterocycles. The smallest absolute Gasteiger partial charge is 0.235 e. The average molecular weight is 325 g/mol. The third-order valence-electron chi connectivity index (χ3n) is 3.59. The minimum absolute atomic E-state index is 0.379. The van der Waals surface area contributed by atoms with Crippen molar-refractivity contribution in [3.05, 3.63) is 36.2 Å². The van der Waals surface area contributed by atoms with Crippen LogP contribution in [0.1, 0.15) is 25.5 Å². The molecule has 0 radical (unpaired) electrons. The van der Waals surface area contributed by atoms with E-state index in [0.29, 0.717) is 11.7 Å². The molecule has 0 aliphatic carbocycles. The van der Waals surface area contributed by atoms with Crippen molar-refractivity contribution in [1.29, 1.82) is 0 Å². The number of nitrogens with zero attached hydrogens (tertiary/aromatic N) is 7. The molecule has 0 spiro atoms. The first kappa shape index (κ1) is 14.0. The predicted molar refractivity (Wildman–Crippen MR) is 88.2 cm³/mol. The van der Waals surface area contributed by atoms with E-state index >= 15 is 0 Å². The minimum Gasteiger partial charge on any atom is -0.265 e. The molecule has 4 aromatic heterocycles. The van der Waals surface area contributed by atoms with Crippen molar-refractivity contribution in [2.24, 2.45) is 7.05 Å². The van der Waals surface area contributed by atoms with Crippen LogP contribution in [0.4, 0.5) is 0 Å². The lowest BCUT2D eigenvalue weighted by Gasteiger charge is -1.96. The molecule has 0 saturated carbocycles. The maximum Gasteiger partial charge on any atom is 0.235 e. The molecule has 23 heavy (non-hydrogen) atoms. The summed E-state index contributed by atoms with van der Waals surface area (Å²) in [6.07, 6.45) is 1.74. The first-order valence-electron chi connectivity index (χ1n) is 7.31. The molecule has 0 amide bonds. The Hall–Kier alpha value is -2.61. The fraction of sp³-hybridized carbons (Fsp3) is 0.267. The monoisotopic (exact) mass is 325 g/mol. The van der Waals surface area contributed by atoms with Crippen molar-refractivity contribution in [2.75, 3.05) is 0 Å². The lowest BCUT2D eigenvalue weighted by Crippen LogP contribution is -1.96. The van der Waals surface area contributed by atoms with Crippen LogP contribution >= 0.6 is 11.3 Å². The second kappa shape index (κ2) is 5.24. The molecule has 8 heteroatoms. The summed E-state index contributed by atoms with van der Waals surface area (Å²) in [7, 11) is 1.93. The first-order chi connectivity index (χ1) is 11.1. The zero-order chi connectivity index (χ0) is 16.0. The van der Waals surface area contributed by atoms with E-state index < -0.39 is 0 Å². The summed E-state index contributed by atoms with van der Waals surface area (Å²) >= 11 is 1.49. The second-order valence-electron chi connectivity index (χ2n) is 5.57. The molecule has 7 nitrogen and oxygen atoms in total. The van der Waals surface area contributed by atoms with Crippen molar-refractivity contribution in [1.82, 2.24) is 34.6 Å². The third kappa shape index (κ3) is 2.31. The van der Waals surface area contributed by atoms with Gasteiger partial charge in [-0.3, -0.25) is 9.67 Å². The van der Waals surface area contributed by atoms with Crippen LogP contribution in [0.15, 0.2) is 30.5 Å². The van der Waals surface area contributed by atoms with Gasteiger partial charge in [0.25, 0.3) is 0 Å². The number of fused-ring (bicyclic) bond motifs is 1. The fourth-order valence-electron chi connectivity index (χ4n) is 2.35. The van der Waals surface area contributed by atoms with Gasteiger partial charge in [0.2, 0.25) is 10.8 Å². The Bertz CT molecular complexity index is 964. The fourth-order valence-corrected chi connectivity index (χ4v) is 3.23. The van der Waals surface area contributed by atoms with Crippen molar-refractivity contribution in [3.63, 3.8) is 0 Å². The number of hydrogen-bond donors (Lipinski definition) is 0. The van der Waals surface area contributed by atoms with Crippen LogP contribution in [0.25, 0.3) is 27.2 Å². The zero-order valence-electron chi connectivity index (χ0n) is 13.0. The molecular weight excluding hydrogens is 310 g/mol. The van der Waals surface area contributed by atoms with Crippen LogP contribution in [0.2, 0.25) is 0 Å². The molecule has 0 saturated heterocycles. The van der Waals surface area contributed by atoms with Crippen molar-refractivity contribution >= 4 is 16.3 Å². The number of pyridine rings is 1. The van der Waals surface area contributed by atoms with Gasteiger partial charge in [0.15, 0.2) is 5.01 Å². The van der Waals surface area contributed by atoms with E-state index in [1.807, 2.05) is 29.9 Å². The van der Waals surface area contributed by atoms with E-state index in [1.54, 1.807) is 10.7 Å². The van der Waals surface area contributed by atoms with Gasteiger partial charge in [-0.15, -0.1) is 10.2 Å². The zero-order valence-corrected chi connectivity index (χ0v) is 13.8. The Morgan fingerprint density at radius 1 is 1.13 bits per heavy atom. The summed E-state index contributed by atoms with van der Waals surface area (Å²) in [5, 5.41) is 18.5. The number of hydrogen-bond acceptors (Lipinski definition) is 6. The van der Waals surface area contributed by atoms with Gasteiger partial charge >= 0.3 is 0 Å². The van der Waals surface area contributed by atoms with E-state index in [4.69, 9.17) is 0 Å². The van der Waals surface area contributed by atoms with Gasteiger partial charge in [-0.25, -0.2) is 0 Å². The van der Waals surface area contributed by atoms with Gasteiger partial charge in [0.05, 0.1) is 11.4 Å². The number of aromatic nitrogens is 7. The molecule has 0 bridgehead atoms. The van der Waals surface area contributed by atoms with Gasteiger partial charge in [-0.1, -0.05) is 31.3 Å². The second-order valence-corrected chi connectivity index (χ2v) is 6.53. The van der Waals surface area contributed by atoms with Gasteiger partial charge in [0.1, 0.15) is 5.69 Å². The Balaban J connectivity index is 1.83. The SMILES string of the molecule is CC(C)c1cc(-c2nn3c(-c4ccccn4)nnc3s2)n(C)n1. The molecule has 4 rings (SSSR count). The first-order valence-corrected chi connectivity index (χ1v) is 8.13. The molecule has 4 aromatic rings. The summed E-state index contributed by atoms with van der Waals surface area (Å²) in [5.74, 6) is 1.03. The maximum absolute atomic E-state index is 4.66. The Labute approximate surface area is 136 Å². The summed E-state index contributed by atoms with van der Waals surface area (Å²) in [5.41, 5.74) is 2.79. The van der Waals surface area contributed by atoms with Crippen LogP contribution in [-0.4, -0.2) is 34.6 Å². The van der Waals surface area contributed by atoms with E-state index in [2.05, 4.69) is 45.3 Å². The largest absolute Gasteiger partial charge is 0.265 e. The van der Waals surface area contributed by atoms with Crippen LogP contribution < -0.4 is 0 Å². The summed E-state index contributed by atoms with van der Waals surface area (Å²) in [6.45, 7) is 4.26. The molecule has 0 atom stereocenters. The molecule has 0 unspecified atom stereocenters. The lowest BCUT2D eigenvalue weighted by molar-refractivity contribution is 0.716. The minimum atomic E-state index is 0.379. The lowest BCUT2D eigenvalue weighted by atomic mass is 10.1. The molecule has 0 N–H and O–H groups in total. The van der Waals surface area contributed by atoms with E-state index in [1.165, 1.54) is 11.3 Å². The number of aryl methyl sites for hydroxylation is 1. The van der Waals surface area contributed by atoms with Gasteiger partial charge in [-0.2, -0.15) is 14.7 Å². The molecular formula is C15H15N7S. The van der Waals surface area contributed by atoms with Crippen LogP contribution in [-0.2, 0) is 7.05 Å². The van der Waals surface area contributed by atoms with Crippen molar-refractivity contribution in [3.8, 4) is 22.2 Å². The Morgan fingerprint density at radius 3 is 2.70 bits per heavy atom. The van der Waals surface area contributed by atoms with Crippen LogP contribution in [0.5, 0.6) is 0 Å². The normalized spacial score (nSPS) is 11.7. The quantitative estimate of drug-likeness (QED) is 0.579. The van der Waals surface area contributed by atoms with Crippen LogP contribution in [0, 0.1) is 0 Å². The average Bonchev–Trinajstić information content (AvgIpc) is 3.21. The highest BCUT2D eigenvalue weighted by atomic mass is 32.1. The summed E-state index contributed by atoms with van der Waals surface area (Å²) in [6, 6.07) is 7.78. The molecule has 4 heterocycles. The van der Waals surface area contributed by atoms with Gasteiger partial charge in [-0.05, 0) is 24.1 Å².